The molecule has 7 heteroatoms. The fourth-order valence-electron chi connectivity index (χ4n) is 3.41. The number of aliphatic hydroxyl groups is 1. The van der Waals surface area contributed by atoms with Crippen LogP contribution >= 0.6 is 0 Å². The van der Waals surface area contributed by atoms with Crippen molar-refractivity contribution in [2.24, 2.45) is 5.92 Å². The van der Waals surface area contributed by atoms with E-state index in [4.69, 9.17) is 0 Å². The van der Waals surface area contributed by atoms with Gasteiger partial charge in [0.15, 0.2) is 0 Å². The SMILES string of the molecule is Cc1nccn1CCNC(=O)N1CCN(CC2CC2)C(CCO)C1. The van der Waals surface area contributed by atoms with Crippen molar-refractivity contribution in [1.82, 2.24) is 24.7 Å². The van der Waals surface area contributed by atoms with Gasteiger partial charge >= 0.3 is 6.03 Å². The molecule has 1 unspecified atom stereocenters. The Bertz CT molecular complexity index is 543. The number of hydrogen-bond acceptors (Lipinski definition) is 4. The lowest BCUT2D eigenvalue weighted by molar-refractivity contribution is 0.0703. The van der Waals surface area contributed by atoms with Crippen molar-refractivity contribution < 1.29 is 9.90 Å². The first-order chi connectivity index (χ1) is 11.7. The van der Waals surface area contributed by atoms with Gasteiger partial charge in [-0.3, -0.25) is 4.90 Å². The number of rotatable bonds is 7. The Labute approximate surface area is 143 Å². The molecule has 0 radical (unpaired) electrons. The van der Waals surface area contributed by atoms with Crippen molar-refractivity contribution in [3.63, 3.8) is 0 Å². The van der Waals surface area contributed by atoms with Gasteiger partial charge in [0.2, 0.25) is 0 Å². The number of aryl methyl sites for hydroxylation is 1. The predicted octanol–water partition coefficient (Wildman–Crippen LogP) is 0.680. The highest BCUT2D eigenvalue weighted by molar-refractivity contribution is 5.74. The molecular weight excluding hydrogens is 306 g/mol. The average molecular weight is 335 g/mol. The molecule has 2 heterocycles. The molecule has 2 amide bonds. The van der Waals surface area contributed by atoms with E-state index in [-0.39, 0.29) is 18.7 Å². The summed E-state index contributed by atoms with van der Waals surface area (Å²) in [7, 11) is 0. The van der Waals surface area contributed by atoms with Gasteiger partial charge in [0, 0.05) is 64.3 Å². The van der Waals surface area contributed by atoms with Crippen LogP contribution in [0.3, 0.4) is 0 Å². The molecule has 2 aliphatic rings. The van der Waals surface area contributed by atoms with Crippen LogP contribution in [0.5, 0.6) is 0 Å². The Kier molecular flexibility index (Phi) is 5.73. The molecule has 2 N–H and O–H groups in total. The third-order valence-corrected chi connectivity index (χ3v) is 5.10. The minimum Gasteiger partial charge on any atom is -0.396 e. The van der Waals surface area contributed by atoms with Gasteiger partial charge < -0.3 is 19.9 Å². The van der Waals surface area contributed by atoms with Gasteiger partial charge in [-0.2, -0.15) is 0 Å². The van der Waals surface area contributed by atoms with Gasteiger partial charge in [-0.1, -0.05) is 0 Å². The zero-order valence-electron chi connectivity index (χ0n) is 14.5. The van der Waals surface area contributed by atoms with Gasteiger partial charge in [-0.25, -0.2) is 9.78 Å². The van der Waals surface area contributed by atoms with E-state index in [1.54, 1.807) is 6.20 Å². The monoisotopic (exact) mass is 335 g/mol. The summed E-state index contributed by atoms with van der Waals surface area (Å²) in [5, 5.41) is 12.3. The maximum Gasteiger partial charge on any atom is 0.317 e. The molecular formula is C17H29N5O2. The number of nitrogens with zero attached hydrogens (tertiary/aromatic N) is 4. The second-order valence-corrected chi connectivity index (χ2v) is 6.95. The minimum atomic E-state index is 0.00165. The molecule has 0 spiro atoms. The van der Waals surface area contributed by atoms with Crippen LogP contribution in [0.25, 0.3) is 0 Å². The Morgan fingerprint density at radius 1 is 1.42 bits per heavy atom. The van der Waals surface area contributed by atoms with Crippen LogP contribution in [-0.2, 0) is 6.54 Å². The van der Waals surface area contributed by atoms with E-state index in [2.05, 4.69) is 15.2 Å². The molecule has 1 aromatic rings. The van der Waals surface area contributed by atoms with Crippen molar-refractivity contribution in [3.05, 3.63) is 18.2 Å². The van der Waals surface area contributed by atoms with Crippen LogP contribution < -0.4 is 5.32 Å². The first kappa shape index (κ1) is 17.2. The van der Waals surface area contributed by atoms with Crippen LogP contribution in [0, 0.1) is 12.8 Å². The summed E-state index contributed by atoms with van der Waals surface area (Å²) >= 11 is 0. The molecule has 1 saturated carbocycles. The first-order valence-electron chi connectivity index (χ1n) is 9.03. The molecule has 1 aliphatic carbocycles. The van der Waals surface area contributed by atoms with Crippen molar-refractivity contribution >= 4 is 6.03 Å². The second-order valence-electron chi connectivity index (χ2n) is 6.95. The highest BCUT2D eigenvalue weighted by Crippen LogP contribution is 2.31. The number of nitrogens with one attached hydrogen (secondary N) is 1. The molecule has 0 aromatic carbocycles. The van der Waals surface area contributed by atoms with Gasteiger partial charge in [-0.15, -0.1) is 0 Å². The smallest absolute Gasteiger partial charge is 0.317 e. The van der Waals surface area contributed by atoms with Gasteiger partial charge in [0.05, 0.1) is 0 Å². The quantitative estimate of drug-likeness (QED) is 0.768. The number of urea groups is 1. The number of imidazole rings is 1. The first-order valence-corrected chi connectivity index (χ1v) is 9.03. The predicted molar refractivity (Wildman–Crippen MR) is 91.7 cm³/mol. The van der Waals surface area contributed by atoms with Crippen LogP contribution in [0.1, 0.15) is 25.1 Å². The standard InChI is InChI=1S/C17H29N5O2/c1-14-18-5-7-20(14)8-6-19-17(24)22-10-9-21(12-15-2-3-15)16(13-22)4-11-23/h5,7,15-16,23H,2-4,6,8-13H2,1H3,(H,19,24). The summed E-state index contributed by atoms with van der Waals surface area (Å²) in [6, 6.07) is 0.285. The van der Waals surface area contributed by atoms with Crippen LogP contribution in [0.2, 0.25) is 0 Å². The summed E-state index contributed by atoms with van der Waals surface area (Å²) < 4.78 is 2.03. The molecule has 0 bridgehead atoms. The third-order valence-electron chi connectivity index (χ3n) is 5.10. The van der Waals surface area contributed by atoms with Crippen LogP contribution in [0.15, 0.2) is 12.4 Å². The molecule has 7 nitrogen and oxygen atoms in total. The number of carbonyl (C=O) groups excluding carboxylic acids is 1. The number of aliphatic hydroxyl groups excluding tert-OH is 1. The number of piperazine rings is 1. The average Bonchev–Trinajstić information content (AvgIpc) is 3.30. The third kappa shape index (κ3) is 4.48. The van der Waals surface area contributed by atoms with Crippen molar-refractivity contribution in [2.75, 3.05) is 39.3 Å². The normalized spacial score (nSPS) is 21.9. The van der Waals surface area contributed by atoms with Crippen molar-refractivity contribution in [3.8, 4) is 0 Å². The fraction of sp³-hybridized carbons (Fsp3) is 0.765. The Morgan fingerprint density at radius 3 is 2.92 bits per heavy atom. The second kappa shape index (κ2) is 7.98. The molecule has 1 aliphatic heterocycles. The van der Waals surface area contributed by atoms with E-state index in [9.17, 15) is 9.90 Å². The maximum atomic E-state index is 12.4. The molecule has 3 rings (SSSR count). The topological polar surface area (TPSA) is 73.6 Å². The number of amides is 2. The molecule has 1 atom stereocenters. The molecule has 2 fully saturated rings. The highest BCUT2D eigenvalue weighted by atomic mass is 16.3. The summed E-state index contributed by atoms with van der Waals surface area (Å²) in [5.41, 5.74) is 0. The van der Waals surface area contributed by atoms with Crippen molar-refractivity contribution in [1.29, 1.82) is 0 Å². The summed E-state index contributed by atoms with van der Waals surface area (Å²) in [5.74, 6) is 1.80. The summed E-state index contributed by atoms with van der Waals surface area (Å²) in [6.07, 6.45) is 7.11. The van der Waals surface area contributed by atoms with Crippen LogP contribution in [-0.4, -0.2) is 75.9 Å². The van der Waals surface area contributed by atoms with E-state index < -0.39 is 0 Å². The molecule has 24 heavy (non-hydrogen) atoms. The lowest BCUT2D eigenvalue weighted by Crippen LogP contribution is -2.57. The zero-order chi connectivity index (χ0) is 16.9. The number of aromatic nitrogens is 2. The summed E-state index contributed by atoms with van der Waals surface area (Å²) in [4.78, 5) is 21.0. The lowest BCUT2D eigenvalue weighted by Gasteiger charge is -2.41. The Morgan fingerprint density at radius 2 is 2.25 bits per heavy atom. The largest absolute Gasteiger partial charge is 0.396 e. The van der Waals surface area contributed by atoms with E-state index in [0.29, 0.717) is 13.1 Å². The molecule has 1 aromatic heterocycles. The van der Waals surface area contributed by atoms with Crippen LogP contribution in [0.4, 0.5) is 4.79 Å². The van der Waals surface area contributed by atoms with E-state index >= 15 is 0 Å². The fourth-order valence-corrected chi connectivity index (χ4v) is 3.41. The summed E-state index contributed by atoms with van der Waals surface area (Å²) in [6.45, 7) is 6.99. The molecule has 134 valence electrons. The van der Waals surface area contributed by atoms with Gasteiger partial charge in [0.1, 0.15) is 5.82 Å². The Hall–Kier alpha value is -1.60. The van der Waals surface area contributed by atoms with Gasteiger partial charge in [0.25, 0.3) is 0 Å². The molecule has 1 saturated heterocycles. The maximum absolute atomic E-state index is 12.4. The highest BCUT2D eigenvalue weighted by Gasteiger charge is 2.33. The number of hydrogen-bond donors (Lipinski definition) is 2. The van der Waals surface area contributed by atoms with Gasteiger partial charge in [-0.05, 0) is 32.1 Å². The van der Waals surface area contributed by atoms with E-state index in [1.165, 1.54) is 12.8 Å². The lowest BCUT2D eigenvalue weighted by atomic mass is 10.1. The zero-order valence-corrected chi connectivity index (χ0v) is 14.5. The Balaban J connectivity index is 1.45. The van der Waals surface area contributed by atoms with E-state index in [0.717, 1.165) is 44.3 Å². The number of carbonyl (C=O) groups is 1. The van der Waals surface area contributed by atoms with Crippen molar-refractivity contribution in [2.45, 2.75) is 38.8 Å². The minimum absolute atomic E-state index is 0.00165. The van der Waals surface area contributed by atoms with E-state index in [1.807, 2.05) is 22.6 Å².